The fraction of sp³-hybridized carbons (Fsp3) is 0.292. The molecule has 3 rings (SSSR count). The Morgan fingerprint density at radius 2 is 1.89 bits per heavy atom. The number of aromatic carboxylic acids is 1. The lowest BCUT2D eigenvalue weighted by Crippen LogP contribution is -2.28. The van der Waals surface area contributed by atoms with Crippen LogP contribution < -0.4 is 0 Å². The topological polar surface area (TPSA) is 46.5 Å². The van der Waals surface area contributed by atoms with Crippen molar-refractivity contribution in [3.63, 3.8) is 0 Å². The van der Waals surface area contributed by atoms with Crippen LogP contribution in [0.5, 0.6) is 0 Å². The molecule has 3 nitrogen and oxygen atoms in total. The van der Waals surface area contributed by atoms with E-state index in [0.29, 0.717) is 5.56 Å². The molecule has 1 aliphatic carbocycles. The Hall–Kier alpha value is -2.77. The molecule has 1 aliphatic rings. The van der Waals surface area contributed by atoms with Crippen molar-refractivity contribution in [1.29, 1.82) is 0 Å². The number of carbonyl (C=O) groups is 1. The highest BCUT2D eigenvalue weighted by atomic mass is 28.4. The molecule has 0 saturated heterocycles. The van der Waals surface area contributed by atoms with Crippen molar-refractivity contribution in [2.24, 2.45) is 0 Å². The fourth-order valence-electron chi connectivity index (χ4n) is 3.63. The van der Waals surface area contributed by atoms with E-state index >= 15 is 0 Å². The van der Waals surface area contributed by atoms with E-state index in [4.69, 9.17) is 10.8 Å². The van der Waals surface area contributed by atoms with Crippen molar-refractivity contribution in [3.05, 3.63) is 64.7 Å². The van der Waals surface area contributed by atoms with Gasteiger partial charge in [0.25, 0.3) is 0 Å². The number of carboxylic acids is 1. The zero-order valence-electron chi connectivity index (χ0n) is 17.1. The fourth-order valence-corrected chi connectivity index (χ4v) is 4.48. The number of carboxylic acid groups (broad SMARTS) is 1. The average molecular weight is 391 g/mol. The molecular formula is C24H26O3Si. The molecule has 0 spiro atoms. The molecule has 0 amide bonds. The molecule has 0 radical (unpaired) electrons. The first-order valence-corrected chi connectivity index (χ1v) is 12.8. The third-order valence-corrected chi connectivity index (χ3v) is 5.81. The number of allylic oxidation sites excluding steroid dienone is 1. The highest BCUT2D eigenvalue weighted by molar-refractivity contribution is 6.70. The summed E-state index contributed by atoms with van der Waals surface area (Å²) in [7, 11) is -1.78. The summed E-state index contributed by atoms with van der Waals surface area (Å²) >= 11 is 0. The maximum atomic E-state index is 11.6. The predicted molar refractivity (Wildman–Crippen MR) is 117 cm³/mol. The molecule has 0 unspecified atom stereocenters. The molecule has 2 aromatic rings. The molecule has 1 N–H and O–H groups in total. The van der Waals surface area contributed by atoms with Crippen molar-refractivity contribution in [3.8, 4) is 23.5 Å². The van der Waals surface area contributed by atoms with Gasteiger partial charge >= 0.3 is 5.97 Å². The van der Waals surface area contributed by atoms with Gasteiger partial charge in [0.2, 0.25) is 8.32 Å². The molecule has 0 atom stereocenters. The predicted octanol–water partition coefficient (Wildman–Crippen LogP) is 5.91. The number of terminal acetylenes is 1. The number of hydrogen-bond donors (Lipinski definition) is 1. The number of fused-ring (bicyclic) bond motifs is 1. The van der Waals surface area contributed by atoms with E-state index in [9.17, 15) is 9.90 Å². The number of rotatable bonds is 4. The summed E-state index contributed by atoms with van der Waals surface area (Å²) in [5, 5.41) is 9.48. The first-order chi connectivity index (χ1) is 13.0. The standard InChI is InChI=1S/C24H26O3Si/c1-7-17-18(9-8-10-19(17)23(25)26)16-11-12-21-20(15-16)22(27-28(4,5)6)13-14-24(21,2)3/h1,8-13,15H,14H2,2-6H3,(H,25,26). The average Bonchev–Trinajstić information content (AvgIpc) is 2.62. The Bertz CT molecular complexity index is 1020. The third-order valence-electron chi connectivity index (χ3n) is 4.98. The molecule has 4 heteroatoms. The van der Waals surface area contributed by atoms with E-state index in [1.807, 2.05) is 12.1 Å². The van der Waals surface area contributed by atoms with Crippen LogP contribution in [0.4, 0.5) is 0 Å². The van der Waals surface area contributed by atoms with Gasteiger partial charge in [0.1, 0.15) is 5.76 Å². The lowest BCUT2D eigenvalue weighted by atomic mass is 9.74. The second-order valence-corrected chi connectivity index (χ2v) is 13.2. The minimum absolute atomic E-state index is 0.0119. The van der Waals surface area contributed by atoms with Gasteiger partial charge in [0.05, 0.1) is 5.56 Å². The van der Waals surface area contributed by atoms with E-state index in [1.165, 1.54) is 5.56 Å². The first kappa shape index (κ1) is 20.0. The zero-order chi connectivity index (χ0) is 20.7. The van der Waals surface area contributed by atoms with Crippen molar-refractivity contribution >= 4 is 20.0 Å². The summed E-state index contributed by atoms with van der Waals surface area (Å²) in [4.78, 5) is 11.6. The van der Waals surface area contributed by atoms with Crippen molar-refractivity contribution in [2.45, 2.75) is 45.3 Å². The van der Waals surface area contributed by atoms with E-state index in [1.54, 1.807) is 12.1 Å². The van der Waals surface area contributed by atoms with Crippen LogP contribution in [0, 0.1) is 12.3 Å². The molecule has 0 aromatic heterocycles. The Morgan fingerprint density at radius 1 is 1.18 bits per heavy atom. The highest BCUT2D eigenvalue weighted by Crippen LogP contribution is 2.42. The quantitative estimate of drug-likeness (QED) is 0.522. The SMILES string of the molecule is C#Cc1c(C(=O)O)cccc1-c1ccc2c(c1)C(O[Si](C)(C)C)=CCC2(C)C. The lowest BCUT2D eigenvalue weighted by Gasteiger charge is -2.34. The smallest absolute Gasteiger partial charge is 0.336 e. The normalized spacial score (nSPS) is 15.2. The minimum Gasteiger partial charge on any atom is -0.544 e. The summed E-state index contributed by atoms with van der Waals surface area (Å²) in [5.41, 5.74) is 4.52. The third kappa shape index (κ3) is 3.76. The van der Waals surface area contributed by atoms with E-state index in [-0.39, 0.29) is 11.0 Å². The Labute approximate surface area is 168 Å². The van der Waals surface area contributed by atoms with Gasteiger partial charge in [-0.25, -0.2) is 4.79 Å². The van der Waals surface area contributed by atoms with Crippen molar-refractivity contribution in [2.75, 3.05) is 0 Å². The lowest BCUT2D eigenvalue weighted by molar-refractivity contribution is 0.0696. The summed E-state index contributed by atoms with van der Waals surface area (Å²) < 4.78 is 6.37. The van der Waals surface area contributed by atoms with E-state index in [2.05, 4.69) is 57.6 Å². The molecule has 0 saturated carbocycles. The van der Waals surface area contributed by atoms with Gasteiger partial charge in [-0.2, -0.15) is 0 Å². The Kier molecular flexibility index (Phi) is 4.99. The van der Waals surface area contributed by atoms with Crippen LogP contribution >= 0.6 is 0 Å². The van der Waals surface area contributed by atoms with Crippen LogP contribution in [0.1, 0.15) is 47.3 Å². The summed E-state index contributed by atoms with van der Waals surface area (Å²) in [6.07, 6.45) is 8.77. The van der Waals surface area contributed by atoms with Crippen LogP contribution in [0.2, 0.25) is 19.6 Å². The Balaban J connectivity index is 2.20. The summed E-state index contributed by atoms with van der Waals surface area (Å²) in [6, 6.07) is 11.4. The van der Waals surface area contributed by atoms with Gasteiger partial charge in [-0.1, -0.05) is 44.0 Å². The highest BCUT2D eigenvalue weighted by Gasteiger charge is 2.31. The zero-order valence-corrected chi connectivity index (χ0v) is 18.1. The molecular weight excluding hydrogens is 364 g/mol. The van der Waals surface area contributed by atoms with Gasteiger partial charge in [0, 0.05) is 11.1 Å². The van der Waals surface area contributed by atoms with Crippen LogP contribution in [-0.2, 0) is 9.84 Å². The number of benzene rings is 2. The molecule has 0 heterocycles. The number of hydrogen-bond acceptors (Lipinski definition) is 2. The van der Waals surface area contributed by atoms with Crippen molar-refractivity contribution in [1.82, 2.24) is 0 Å². The summed E-state index contributed by atoms with van der Waals surface area (Å²) in [5.74, 6) is 2.48. The molecule has 0 bridgehead atoms. The Morgan fingerprint density at radius 3 is 2.50 bits per heavy atom. The van der Waals surface area contributed by atoms with Gasteiger partial charge in [-0.05, 0) is 66.4 Å². The molecule has 0 fully saturated rings. The second-order valence-electron chi connectivity index (χ2n) is 8.81. The maximum Gasteiger partial charge on any atom is 0.336 e. The largest absolute Gasteiger partial charge is 0.544 e. The van der Waals surface area contributed by atoms with Gasteiger partial charge in [0.15, 0.2) is 0 Å². The van der Waals surface area contributed by atoms with Gasteiger partial charge in [-0.3, -0.25) is 0 Å². The van der Waals surface area contributed by atoms with Crippen molar-refractivity contribution < 1.29 is 14.3 Å². The summed E-state index contributed by atoms with van der Waals surface area (Å²) in [6.45, 7) is 11.0. The molecule has 28 heavy (non-hydrogen) atoms. The monoisotopic (exact) mass is 390 g/mol. The van der Waals surface area contributed by atoms with E-state index in [0.717, 1.165) is 28.9 Å². The van der Waals surface area contributed by atoms with Crippen LogP contribution in [0.15, 0.2) is 42.5 Å². The molecule has 2 aromatic carbocycles. The first-order valence-electron chi connectivity index (χ1n) is 9.41. The molecule has 0 aliphatic heterocycles. The van der Waals surface area contributed by atoms with Crippen LogP contribution in [0.3, 0.4) is 0 Å². The van der Waals surface area contributed by atoms with Crippen LogP contribution in [-0.4, -0.2) is 19.4 Å². The van der Waals surface area contributed by atoms with E-state index < -0.39 is 14.3 Å². The van der Waals surface area contributed by atoms with Gasteiger partial charge < -0.3 is 9.53 Å². The van der Waals surface area contributed by atoms with Gasteiger partial charge in [-0.15, -0.1) is 6.42 Å². The maximum absolute atomic E-state index is 11.6. The second kappa shape index (κ2) is 6.99. The minimum atomic E-state index is -1.78. The van der Waals surface area contributed by atoms with Crippen LogP contribution in [0.25, 0.3) is 16.9 Å². The molecule has 144 valence electrons.